The molecule has 1 saturated carbocycles. The first kappa shape index (κ1) is 13.9. The highest BCUT2D eigenvalue weighted by atomic mass is 35.5. The van der Waals surface area contributed by atoms with Crippen LogP contribution in [-0.4, -0.2) is 18.2 Å². The van der Waals surface area contributed by atoms with Crippen molar-refractivity contribution in [3.8, 4) is 0 Å². The fraction of sp³-hybridized carbons (Fsp3) is 0.750. The predicted molar refractivity (Wildman–Crippen MR) is 80.8 cm³/mol. The Morgan fingerprint density at radius 2 is 2.06 bits per heavy atom. The summed E-state index contributed by atoms with van der Waals surface area (Å²) in [6, 6.07) is 0. The van der Waals surface area contributed by atoms with Crippen molar-refractivity contribution in [2.24, 2.45) is 5.92 Å². The zero-order valence-electron chi connectivity index (χ0n) is 10.6. The largest absolute Gasteiger partial charge is 0.544 e. The number of fused-ring (bicyclic) bond motifs is 1. The highest BCUT2D eigenvalue weighted by molar-refractivity contribution is 7.46. The van der Waals surface area contributed by atoms with Crippen molar-refractivity contribution in [3.63, 3.8) is 0 Å². The van der Waals surface area contributed by atoms with Crippen molar-refractivity contribution < 1.29 is 4.43 Å². The third-order valence-electron chi connectivity index (χ3n) is 3.12. The second-order valence-corrected chi connectivity index (χ2v) is 13.3. The van der Waals surface area contributed by atoms with Crippen LogP contribution in [0.2, 0.25) is 19.6 Å². The lowest BCUT2D eigenvalue weighted by molar-refractivity contribution is 0.395. The van der Waals surface area contributed by atoms with Crippen molar-refractivity contribution >= 4 is 45.5 Å². The molecule has 1 atom stereocenters. The SMILES string of the molecule is C[Si](C)(C)OC1=C2CCCCC2C(Cl)(Cl)P=C1. The summed E-state index contributed by atoms with van der Waals surface area (Å²) >= 11 is 12.9. The Balaban J connectivity index is 2.30. The van der Waals surface area contributed by atoms with Crippen molar-refractivity contribution in [1.82, 2.24) is 0 Å². The van der Waals surface area contributed by atoms with Gasteiger partial charge in [0.05, 0.1) is 0 Å². The highest BCUT2D eigenvalue weighted by Crippen LogP contribution is 2.53. The Morgan fingerprint density at radius 1 is 1.35 bits per heavy atom. The molecule has 5 heteroatoms. The van der Waals surface area contributed by atoms with E-state index in [0.29, 0.717) is 0 Å². The summed E-state index contributed by atoms with van der Waals surface area (Å²) in [5, 5.41) is 0. The Bertz CT molecular complexity index is 371. The van der Waals surface area contributed by atoms with Gasteiger partial charge in [0.1, 0.15) is 5.76 Å². The summed E-state index contributed by atoms with van der Waals surface area (Å²) in [6.07, 6.45) is 4.66. The second-order valence-electron chi connectivity index (χ2n) is 5.75. The molecule has 1 nitrogen and oxygen atoms in total. The maximum absolute atomic E-state index is 6.43. The van der Waals surface area contributed by atoms with E-state index in [1.807, 2.05) is 0 Å². The standard InChI is InChI=1S/C12H19Cl2OPSi/c1-17(2,3)15-11-8-16-12(13,14)10-7-5-4-6-9(10)11/h8,10H,4-7H2,1-3H3. The molecule has 0 N–H and O–H groups in total. The van der Waals surface area contributed by atoms with Crippen LogP contribution in [0.1, 0.15) is 25.7 Å². The molecular weight excluding hydrogens is 290 g/mol. The summed E-state index contributed by atoms with van der Waals surface area (Å²) < 4.78 is 5.54. The Hall–Kier alpha value is 0.507. The number of allylic oxidation sites excluding steroid dienone is 2. The summed E-state index contributed by atoms with van der Waals surface area (Å²) in [5.74, 6) is 3.46. The van der Waals surface area contributed by atoms with E-state index in [1.54, 1.807) is 0 Å². The molecule has 0 bridgehead atoms. The summed E-state index contributed by atoms with van der Waals surface area (Å²) in [7, 11) is -0.572. The Kier molecular flexibility index (Phi) is 4.00. The molecule has 96 valence electrons. The van der Waals surface area contributed by atoms with E-state index < -0.39 is 12.4 Å². The van der Waals surface area contributed by atoms with Gasteiger partial charge in [0, 0.05) is 11.7 Å². The molecule has 2 aliphatic rings. The summed E-state index contributed by atoms with van der Waals surface area (Å²) in [5.41, 5.74) is 1.36. The number of alkyl halides is 2. The van der Waals surface area contributed by atoms with Crippen molar-refractivity contribution in [3.05, 3.63) is 11.3 Å². The first-order valence-electron chi connectivity index (χ1n) is 6.15. The van der Waals surface area contributed by atoms with Gasteiger partial charge in [-0.25, -0.2) is 0 Å². The average Bonchev–Trinajstić information content (AvgIpc) is 2.21. The normalized spacial score (nSPS) is 28.9. The van der Waals surface area contributed by atoms with E-state index in [-0.39, 0.29) is 5.92 Å². The van der Waals surface area contributed by atoms with E-state index in [4.69, 9.17) is 27.6 Å². The van der Waals surface area contributed by atoms with Crippen LogP contribution in [0.3, 0.4) is 0 Å². The van der Waals surface area contributed by atoms with Gasteiger partial charge in [-0.2, -0.15) is 0 Å². The van der Waals surface area contributed by atoms with Crippen LogP contribution in [-0.2, 0) is 4.43 Å². The van der Waals surface area contributed by atoms with Crippen LogP contribution in [0.4, 0.5) is 0 Å². The van der Waals surface area contributed by atoms with Crippen molar-refractivity contribution in [2.45, 2.75) is 49.4 Å². The lowest BCUT2D eigenvalue weighted by Crippen LogP contribution is -2.32. The van der Waals surface area contributed by atoms with E-state index >= 15 is 0 Å². The molecule has 1 aliphatic carbocycles. The summed E-state index contributed by atoms with van der Waals surface area (Å²) in [6.45, 7) is 6.64. The molecule has 0 radical (unpaired) electrons. The molecule has 0 aromatic rings. The third kappa shape index (κ3) is 3.29. The minimum absolute atomic E-state index is 0.289. The maximum Gasteiger partial charge on any atom is 0.242 e. The predicted octanol–water partition coefficient (Wildman–Crippen LogP) is 5.18. The van der Waals surface area contributed by atoms with Crippen LogP contribution in [0.5, 0.6) is 0 Å². The van der Waals surface area contributed by atoms with Crippen molar-refractivity contribution in [2.75, 3.05) is 0 Å². The zero-order chi connectivity index (χ0) is 12.7. The molecule has 0 spiro atoms. The molecule has 0 amide bonds. The zero-order valence-corrected chi connectivity index (χ0v) is 14.0. The van der Waals surface area contributed by atoms with Crippen molar-refractivity contribution in [1.29, 1.82) is 0 Å². The lowest BCUT2D eigenvalue weighted by Gasteiger charge is -2.38. The molecule has 1 aliphatic heterocycles. The lowest BCUT2D eigenvalue weighted by atomic mass is 9.84. The molecule has 17 heavy (non-hydrogen) atoms. The van der Waals surface area contributed by atoms with E-state index in [9.17, 15) is 0 Å². The van der Waals surface area contributed by atoms with Crippen LogP contribution < -0.4 is 0 Å². The van der Waals surface area contributed by atoms with Crippen LogP contribution in [0, 0.1) is 5.92 Å². The quantitative estimate of drug-likeness (QED) is 0.388. The molecule has 0 aromatic heterocycles. The molecule has 1 fully saturated rings. The number of rotatable bonds is 2. The minimum atomic E-state index is -1.55. The van der Waals surface area contributed by atoms with Gasteiger partial charge < -0.3 is 4.43 Å². The molecule has 0 saturated heterocycles. The van der Waals surface area contributed by atoms with Crippen LogP contribution in [0.15, 0.2) is 11.3 Å². The number of hydrogen-bond donors (Lipinski definition) is 0. The van der Waals surface area contributed by atoms with E-state index in [1.165, 1.54) is 18.4 Å². The number of hydrogen-bond acceptors (Lipinski definition) is 1. The van der Waals surface area contributed by atoms with Gasteiger partial charge in [-0.15, -0.1) is 0 Å². The van der Waals surface area contributed by atoms with Gasteiger partial charge in [-0.05, 0) is 44.5 Å². The fourth-order valence-corrected chi connectivity index (χ4v) is 5.13. The smallest absolute Gasteiger partial charge is 0.242 e. The fourth-order valence-electron chi connectivity index (χ4n) is 2.43. The van der Waals surface area contributed by atoms with Crippen LogP contribution >= 0.6 is 31.4 Å². The first-order chi connectivity index (χ1) is 7.80. The summed E-state index contributed by atoms with van der Waals surface area (Å²) in [4.78, 5) is 0. The molecule has 1 unspecified atom stereocenters. The van der Waals surface area contributed by atoms with Gasteiger partial charge >= 0.3 is 0 Å². The monoisotopic (exact) mass is 308 g/mol. The first-order valence-corrected chi connectivity index (χ1v) is 11.3. The molecule has 2 rings (SSSR count). The number of halogens is 2. The van der Waals surface area contributed by atoms with Gasteiger partial charge in [0.15, 0.2) is 4.07 Å². The van der Waals surface area contributed by atoms with Gasteiger partial charge in [-0.3, -0.25) is 0 Å². The average molecular weight is 309 g/mol. The molecular formula is C12H19Cl2OPSi. The highest BCUT2D eigenvalue weighted by Gasteiger charge is 2.41. The maximum atomic E-state index is 6.43. The van der Waals surface area contributed by atoms with E-state index in [2.05, 4.69) is 25.4 Å². The second kappa shape index (κ2) is 4.88. The molecule has 0 aromatic carbocycles. The van der Waals surface area contributed by atoms with Gasteiger partial charge in [0.25, 0.3) is 0 Å². The Labute approximate surface area is 116 Å². The van der Waals surface area contributed by atoms with E-state index in [0.717, 1.165) is 26.8 Å². The Morgan fingerprint density at radius 3 is 2.71 bits per heavy atom. The van der Waals surface area contributed by atoms with Gasteiger partial charge in [0.2, 0.25) is 8.32 Å². The topological polar surface area (TPSA) is 9.23 Å². The minimum Gasteiger partial charge on any atom is -0.544 e. The molecule has 1 heterocycles. The van der Waals surface area contributed by atoms with Crippen LogP contribution in [0.25, 0.3) is 0 Å². The third-order valence-corrected chi connectivity index (χ3v) is 6.08. The van der Waals surface area contributed by atoms with Gasteiger partial charge in [-0.1, -0.05) is 37.8 Å².